The van der Waals surface area contributed by atoms with Gasteiger partial charge < -0.3 is 10.4 Å². The minimum atomic E-state index is -0.572. The van der Waals surface area contributed by atoms with E-state index in [1.165, 1.54) is 12.3 Å². The van der Waals surface area contributed by atoms with Crippen molar-refractivity contribution in [2.24, 2.45) is 5.10 Å². The van der Waals surface area contributed by atoms with Gasteiger partial charge in [0, 0.05) is 16.3 Å². The second kappa shape index (κ2) is 8.12. The van der Waals surface area contributed by atoms with Crippen LogP contribution in [0.3, 0.4) is 0 Å². The lowest BCUT2D eigenvalue weighted by Crippen LogP contribution is -2.24. The van der Waals surface area contributed by atoms with Crippen LogP contribution in [0.25, 0.3) is 0 Å². The number of amides is 2. The van der Waals surface area contributed by atoms with Crippen LogP contribution in [0.5, 0.6) is 5.75 Å². The maximum absolute atomic E-state index is 11.8. The number of phenolic OH excluding ortho intramolecular Hbond substituents is 1. The van der Waals surface area contributed by atoms with Crippen LogP contribution in [-0.2, 0) is 9.59 Å². The molecule has 124 valence electrons. The first-order valence-corrected chi connectivity index (χ1v) is 7.49. The Morgan fingerprint density at radius 2 is 1.96 bits per heavy atom. The summed E-state index contributed by atoms with van der Waals surface area (Å²) in [4.78, 5) is 23.5. The van der Waals surface area contributed by atoms with E-state index in [0.717, 1.165) is 5.56 Å². The fourth-order valence-electron chi connectivity index (χ4n) is 1.83. The lowest BCUT2D eigenvalue weighted by Gasteiger charge is -2.06. The summed E-state index contributed by atoms with van der Waals surface area (Å²) >= 11 is 5.97. The van der Waals surface area contributed by atoms with E-state index in [4.69, 9.17) is 11.6 Å². The number of benzene rings is 2. The topological polar surface area (TPSA) is 90.8 Å². The number of hydrogen-bond acceptors (Lipinski definition) is 4. The van der Waals surface area contributed by atoms with Crippen LogP contribution in [0.1, 0.15) is 17.5 Å². The average Bonchev–Trinajstić information content (AvgIpc) is 2.52. The number of aryl methyl sites for hydroxylation is 1. The Morgan fingerprint density at radius 3 is 2.67 bits per heavy atom. The molecule has 0 saturated carbocycles. The van der Waals surface area contributed by atoms with Gasteiger partial charge in [0.25, 0.3) is 0 Å². The standard InChI is InChI=1S/C17H16ClN3O3/c1-11-6-7-13(8-14(11)18)20-16(23)9-17(24)21-19-10-12-4-2-3-5-15(12)22/h2-8,10,22H,9H2,1H3,(H,20,23)(H,21,24). The molecule has 2 rings (SSSR count). The third kappa shape index (κ3) is 5.10. The molecule has 0 saturated heterocycles. The Balaban J connectivity index is 1.84. The number of carbonyl (C=O) groups excluding carboxylic acids is 2. The summed E-state index contributed by atoms with van der Waals surface area (Å²) in [5.41, 5.74) is 4.09. The summed E-state index contributed by atoms with van der Waals surface area (Å²) in [5.74, 6) is -1.01. The van der Waals surface area contributed by atoms with Crippen LogP contribution in [0.2, 0.25) is 5.02 Å². The second-order valence-corrected chi connectivity index (χ2v) is 5.45. The first-order valence-electron chi connectivity index (χ1n) is 7.11. The van der Waals surface area contributed by atoms with Crippen LogP contribution in [0.4, 0.5) is 5.69 Å². The molecule has 0 aromatic heterocycles. The van der Waals surface area contributed by atoms with Gasteiger partial charge in [-0.1, -0.05) is 29.8 Å². The molecule has 0 unspecified atom stereocenters. The Kier molecular flexibility index (Phi) is 5.92. The lowest BCUT2D eigenvalue weighted by atomic mass is 10.2. The minimum Gasteiger partial charge on any atom is -0.507 e. The lowest BCUT2D eigenvalue weighted by molar-refractivity contribution is -0.126. The highest BCUT2D eigenvalue weighted by Gasteiger charge is 2.09. The molecule has 0 bridgehead atoms. The number of rotatable bonds is 5. The third-order valence-electron chi connectivity index (χ3n) is 3.11. The van der Waals surface area contributed by atoms with Crippen LogP contribution >= 0.6 is 11.6 Å². The van der Waals surface area contributed by atoms with E-state index < -0.39 is 11.8 Å². The molecular formula is C17H16ClN3O3. The number of nitrogens with one attached hydrogen (secondary N) is 2. The SMILES string of the molecule is Cc1ccc(NC(=O)CC(=O)NN=Cc2ccccc2O)cc1Cl. The molecule has 0 aliphatic rings. The molecule has 0 fully saturated rings. The highest BCUT2D eigenvalue weighted by Crippen LogP contribution is 2.20. The molecular weight excluding hydrogens is 330 g/mol. The number of anilines is 1. The van der Waals surface area contributed by atoms with Crippen molar-refractivity contribution in [3.8, 4) is 5.75 Å². The van der Waals surface area contributed by atoms with E-state index in [2.05, 4.69) is 15.8 Å². The van der Waals surface area contributed by atoms with Crippen LogP contribution in [0.15, 0.2) is 47.6 Å². The fourth-order valence-corrected chi connectivity index (χ4v) is 2.01. The molecule has 0 spiro atoms. The normalized spacial score (nSPS) is 10.6. The molecule has 0 atom stereocenters. The van der Waals surface area contributed by atoms with Gasteiger partial charge in [0.2, 0.25) is 11.8 Å². The number of aromatic hydroxyl groups is 1. The van der Waals surface area contributed by atoms with Gasteiger partial charge >= 0.3 is 0 Å². The van der Waals surface area contributed by atoms with Crippen molar-refractivity contribution < 1.29 is 14.7 Å². The van der Waals surface area contributed by atoms with Crippen LogP contribution < -0.4 is 10.7 Å². The van der Waals surface area contributed by atoms with Gasteiger partial charge in [0.15, 0.2) is 0 Å². The number of nitrogens with zero attached hydrogens (tertiary/aromatic N) is 1. The molecule has 2 amide bonds. The van der Waals surface area contributed by atoms with Gasteiger partial charge in [-0.25, -0.2) is 5.43 Å². The second-order valence-electron chi connectivity index (χ2n) is 5.04. The van der Waals surface area contributed by atoms with Crippen molar-refractivity contribution in [1.82, 2.24) is 5.43 Å². The Labute approximate surface area is 144 Å². The summed E-state index contributed by atoms with van der Waals surface area (Å²) in [6, 6.07) is 11.6. The van der Waals surface area contributed by atoms with Gasteiger partial charge in [-0.2, -0.15) is 5.10 Å². The molecule has 0 aliphatic carbocycles. The molecule has 7 heteroatoms. The summed E-state index contributed by atoms with van der Waals surface area (Å²) in [6.45, 7) is 1.85. The Morgan fingerprint density at radius 1 is 1.21 bits per heavy atom. The number of carbonyl (C=O) groups is 2. The highest BCUT2D eigenvalue weighted by atomic mass is 35.5. The maximum atomic E-state index is 11.8. The Bertz CT molecular complexity index is 790. The fraction of sp³-hybridized carbons (Fsp3) is 0.118. The van der Waals surface area contributed by atoms with Crippen LogP contribution in [0, 0.1) is 6.92 Å². The zero-order valence-electron chi connectivity index (χ0n) is 12.9. The highest BCUT2D eigenvalue weighted by molar-refractivity contribution is 6.31. The van der Waals surface area contributed by atoms with Crippen molar-refractivity contribution in [2.45, 2.75) is 13.3 Å². The van der Waals surface area contributed by atoms with Crippen molar-refractivity contribution in [3.63, 3.8) is 0 Å². The number of hydrazone groups is 1. The molecule has 0 radical (unpaired) electrons. The smallest absolute Gasteiger partial charge is 0.249 e. The van der Waals surface area contributed by atoms with E-state index >= 15 is 0 Å². The monoisotopic (exact) mass is 345 g/mol. The minimum absolute atomic E-state index is 0.0458. The van der Waals surface area contributed by atoms with Gasteiger partial charge in [0.05, 0.1) is 6.21 Å². The van der Waals surface area contributed by atoms with E-state index in [1.54, 1.807) is 36.4 Å². The summed E-state index contributed by atoms with van der Waals surface area (Å²) < 4.78 is 0. The first-order chi connectivity index (χ1) is 11.5. The number of halogens is 1. The summed E-state index contributed by atoms with van der Waals surface area (Å²) in [7, 11) is 0. The van der Waals surface area contributed by atoms with Gasteiger partial charge in [-0.3, -0.25) is 9.59 Å². The average molecular weight is 346 g/mol. The van der Waals surface area contributed by atoms with Gasteiger partial charge in [-0.05, 0) is 36.8 Å². The summed E-state index contributed by atoms with van der Waals surface area (Å²) in [6.07, 6.45) is 0.911. The van der Waals surface area contributed by atoms with Gasteiger partial charge in [0.1, 0.15) is 12.2 Å². The van der Waals surface area contributed by atoms with Crippen molar-refractivity contribution in [1.29, 1.82) is 0 Å². The van der Waals surface area contributed by atoms with E-state index in [9.17, 15) is 14.7 Å². The first kappa shape index (κ1) is 17.5. The van der Waals surface area contributed by atoms with E-state index in [1.807, 2.05) is 6.92 Å². The van der Waals surface area contributed by atoms with Crippen molar-refractivity contribution in [3.05, 3.63) is 58.6 Å². The van der Waals surface area contributed by atoms with Crippen LogP contribution in [-0.4, -0.2) is 23.1 Å². The van der Waals surface area contributed by atoms with Crippen molar-refractivity contribution in [2.75, 3.05) is 5.32 Å². The number of phenols is 1. The molecule has 6 nitrogen and oxygen atoms in total. The predicted molar refractivity (Wildman–Crippen MR) is 93.3 cm³/mol. The number of para-hydroxylation sites is 1. The van der Waals surface area contributed by atoms with Gasteiger partial charge in [-0.15, -0.1) is 0 Å². The summed E-state index contributed by atoms with van der Waals surface area (Å²) in [5, 5.41) is 16.4. The number of hydrogen-bond donors (Lipinski definition) is 3. The molecule has 24 heavy (non-hydrogen) atoms. The molecule has 2 aromatic carbocycles. The van der Waals surface area contributed by atoms with E-state index in [0.29, 0.717) is 16.3 Å². The quantitative estimate of drug-likeness (QED) is 0.442. The molecule has 3 N–H and O–H groups in total. The predicted octanol–water partition coefficient (Wildman–Crippen LogP) is 2.83. The maximum Gasteiger partial charge on any atom is 0.249 e. The molecule has 0 heterocycles. The molecule has 0 aliphatic heterocycles. The third-order valence-corrected chi connectivity index (χ3v) is 3.51. The molecule has 2 aromatic rings. The zero-order chi connectivity index (χ0) is 17.5. The Hall–Kier alpha value is -2.86. The zero-order valence-corrected chi connectivity index (χ0v) is 13.7. The van der Waals surface area contributed by atoms with E-state index in [-0.39, 0.29) is 12.2 Å². The van der Waals surface area contributed by atoms with Crippen molar-refractivity contribution >= 4 is 35.3 Å². The largest absolute Gasteiger partial charge is 0.507 e.